The third kappa shape index (κ3) is 3.25. The van der Waals surface area contributed by atoms with Crippen LogP contribution in [-0.4, -0.2) is 56.4 Å². The molecule has 2 N–H and O–H groups in total. The normalized spacial score (nSPS) is 23.0. The van der Waals surface area contributed by atoms with Crippen LogP contribution in [0, 0.1) is 25.7 Å². The molecule has 2 atom stereocenters. The minimum Gasteiger partial charge on any atom is -0.377 e. The molecule has 3 heterocycles. The molecule has 1 saturated carbocycles. The number of nitrogens with one attached hydrogen (secondary N) is 2. The molecule has 0 spiro atoms. The zero-order valence-electron chi connectivity index (χ0n) is 15.6. The van der Waals surface area contributed by atoms with E-state index in [-0.39, 0.29) is 11.8 Å². The zero-order chi connectivity index (χ0) is 18.3. The van der Waals surface area contributed by atoms with Gasteiger partial charge < -0.3 is 9.64 Å². The number of rotatable bonds is 6. The van der Waals surface area contributed by atoms with Crippen molar-refractivity contribution in [2.24, 2.45) is 11.8 Å². The standard InChI is InChI=1S/C18H26N6O2/c1-10-13(11(2)21-20-10)6-17(25)24-7-14(12-4-5-12)15(8-24)18-19-16(9-26-3)22-23-18/h12,14-15H,4-9H2,1-3H3,(H,20,21)(H,19,22,23)/t14-,15+/m1/s1. The lowest BCUT2D eigenvalue weighted by Crippen LogP contribution is -2.30. The number of nitrogens with zero attached hydrogens (tertiary/aromatic N) is 4. The van der Waals surface area contributed by atoms with Crippen molar-refractivity contribution in [3.63, 3.8) is 0 Å². The molecule has 140 valence electrons. The Bertz CT molecular complexity index is 774. The van der Waals surface area contributed by atoms with Gasteiger partial charge in [0.1, 0.15) is 6.61 Å². The van der Waals surface area contributed by atoms with Gasteiger partial charge in [-0.15, -0.1) is 0 Å². The second kappa shape index (κ2) is 6.83. The molecular weight excluding hydrogens is 332 g/mol. The van der Waals surface area contributed by atoms with Gasteiger partial charge >= 0.3 is 0 Å². The predicted molar refractivity (Wildman–Crippen MR) is 94.4 cm³/mol. The molecule has 1 saturated heterocycles. The first kappa shape index (κ1) is 17.2. The fourth-order valence-electron chi connectivity index (χ4n) is 4.08. The summed E-state index contributed by atoms with van der Waals surface area (Å²) in [6.07, 6.45) is 2.90. The Morgan fingerprint density at radius 2 is 2.04 bits per heavy atom. The third-order valence-electron chi connectivity index (χ3n) is 5.72. The number of aryl methyl sites for hydroxylation is 2. The molecule has 0 bridgehead atoms. The summed E-state index contributed by atoms with van der Waals surface area (Å²) < 4.78 is 5.12. The highest BCUT2D eigenvalue weighted by atomic mass is 16.5. The molecule has 2 fully saturated rings. The Morgan fingerprint density at radius 1 is 1.23 bits per heavy atom. The molecule has 8 nitrogen and oxygen atoms in total. The van der Waals surface area contributed by atoms with Crippen LogP contribution in [0.15, 0.2) is 0 Å². The number of hydrogen-bond acceptors (Lipinski definition) is 5. The van der Waals surface area contributed by atoms with Crippen molar-refractivity contribution in [2.75, 3.05) is 20.2 Å². The summed E-state index contributed by atoms with van der Waals surface area (Å²) in [5.74, 6) is 3.08. The van der Waals surface area contributed by atoms with E-state index in [4.69, 9.17) is 4.74 Å². The lowest BCUT2D eigenvalue weighted by molar-refractivity contribution is -0.129. The number of carbonyl (C=O) groups is 1. The van der Waals surface area contributed by atoms with Gasteiger partial charge in [0.15, 0.2) is 11.6 Å². The van der Waals surface area contributed by atoms with Crippen molar-refractivity contribution in [1.29, 1.82) is 0 Å². The number of aromatic amines is 2. The second-order valence-electron chi connectivity index (χ2n) is 7.57. The van der Waals surface area contributed by atoms with E-state index in [2.05, 4.69) is 25.4 Å². The molecule has 8 heteroatoms. The maximum absolute atomic E-state index is 12.9. The fraction of sp³-hybridized carbons (Fsp3) is 0.667. The topological polar surface area (TPSA) is 99.8 Å². The van der Waals surface area contributed by atoms with E-state index in [9.17, 15) is 4.79 Å². The van der Waals surface area contributed by atoms with E-state index in [1.165, 1.54) is 12.8 Å². The van der Waals surface area contributed by atoms with E-state index in [1.807, 2.05) is 18.7 Å². The van der Waals surface area contributed by atoms with E-state index in [0.29, 0.717) is 31.4 Å². The first-order chi connectivity index (χ1) is 12.6. The van der Waals surface area contributed by atoms with Gasteiger partial charge in [0.2, 0.25) is 5.91 Å². The summed E-state index contributed by atoms with van der Waals surface area (Å²) in [7, 11) is 1.64. The molecule has 0 radical (unpaired) electrons. The average Bonchev–Trinajstić information content (AvgIpc) is 3.06. The summed E-state index contributed by atoms with van der Waals surface area (Å²) >= 11 is 0. The van der Waals surface area contributed by atoms with Gasteiger partial charge in [-0.1, -0.05) is 0 Å². The molecule has 1 amide bonds. The van der Waals surface area contributed by atoms with Gasteiger partial charge in [-0.2, -0.15) is 10.2 Å². The summed E-state index contributed by atoms with van der Waals surface area (Å²) in [6, 6.07) is 0. The molecule has 0 aromatic carbocycles. The van der Waals surface area contributed by atoms with E-state index in [1.54, 1.807) is 7.11 Å². The lowest BCUT2D eigenvalue weighted by atomic mass is 9.91. The van der Waals surface area contributed by atoms with Crippen LogP contribution in [0.1, 0.15) is 47.4 Å². The quantitative estimate of drug-likeness (QED) is 0.815. The van der Waals surface area contributed by atoms with Crippen molar-refractivity contribution in [3.05, 3.63) is 28.6 Å². The van der Waals surface area contributed by atoms with Crippen LogP contribution in [0.25, 0.3) is 0 Å². The summed E-state index contributed by atoms with van der Waals surface area (Å²) in [4.78, 5) is 19.5. The monoisotopic (exact) mass is 358 g/mol. The van der Waals surface area contributed by atoms with Crippen LogP contribution < -0.4 is 0 Å². The van der Waals surface area contributed by atoms with E-state index in [0.717, 1.165) is 35.1 Å². The van der Waals surface area contributed by atoms with Crippen molar-refractivity contribution in [1.82, 2.24) is 30.3 Å². The molecule has 26 heavy (non-hydrogen) atoms. The minimum absolute atomic E-state index is 0.165. The largest absolute Gasteiger partial charge is 0.377 e. The number of ether oxygens (including phenoxy) is 1. The van der Waals surface area contributed by atoms with Crippen LogP contribution in [0.2, 0.25) is 0 Å². The highest BCUT2D eigenvalue weighted by Crippen LogP contribution is 2.47. The van der Waals surface area contributed by atoms with E-state index < -0.39 is 0 Å². The van der Waals surface area contributed by atoms with Crippen LogP contribution in [0.3, 0.4) is 0 Å². The summed E-state index contributed by atoms with van der Waals surface area (Å²) in [5, 5.41) is 14.5. The summed E-state index contributed by atoms with van der Waals surface area (Å²) in [5.41, 5.74) is 2.90. The molecule has 2 aliphatic rings. The molecule has 0 unspecified atom stereocenters. The number of methoxy groups -OCH3 is 1. The van der Waals surface area contributed by atoms with Gasteiger partial charge in [0.25, 0.3) is 0 Å². The highest BCUT2D eigenvalue weighted by Gasteiger charge is 2.45. The molecule has 2 aromatic heterocycles. The van der Waals surface area contributed by atoms with Gasteiger partial charge in [0, 0.05) is 37.4 Å². The molecule has 4 rings (SSSR count). The molecular formula is C18H26N6O2. The Labute approximate surface area is 152 Å². The first-order valence-corrected chi connectivity index (χ1v) is 9.25. The van der Waals surface area contributed by atoms with Crippen molar-refractivity contribution >= 4 is 5.91 Å². The zero-order valence-corrected chi connectivity index (χ0v) is 15.6. The molecule has 2 aromatic rings. The van der Waals surface area contributed by atoms with Crippen LogP contribution in [0.4, 0.5) is 0 Å². The molecule has 1 aliphatic heterocycles. The van der Waals surface area contributed by atoms with Gasteiger partial charge in [-0.25, -0.2) is 4.98 Å². The lowest BCUT2D eigenvalue weighted by Gasteiger charge is -2.16. The van der Waals surface area contributed by atoms with Gasteiger partial charge in [0.05, 0.1) is 12.1 Å². The predicted octanol–water partition coefficient (Wildman–Crippen LogP) is 1.49. The molecule has 1 aliphatic carbocycles. The smallest absolute Gasteiger partial charge is 0.227 e. The average molecular weight is 358 g/mol. The van der Waals surface area contributed by atoms with Crippen LogP contribution in [-0.2, 0) is 22.6 Å². The Morgan fingerprint density at radius 3 is 2.69 bits per heavy atom. The number of amides is 1. The van der Waals surface area contributed by atoms with Crippen molar-refractivity contribution in [3.8, 4) is 0 Å². The number of likely N-dealkylation sites (tertiary alicyclic amines) is 1. The summed E-state index contributed by atoms with van der Waals surface area (Å²) in [6.45, 7) is 5.83. The maximum Gasteiger partial charge on any atom is 0.227 e. The first-order valence-electron chi connectivity index (χ1n) is 9.25. The van der Waals surface area contributed by atoms with Gasteiger partial charge in [-0.3, -0.25) is 15.0 Å². The Balaban J connectivity index is 1.49. The third-order valence-corrected chi connectivity index (χ3v) is 5.72. The van der Waals surface area contributed by atoms with Crippen molar-refractivity contribution in [2.45, 2.75) is 45.6 Å². The Kier molecular flexibility index (Phi) is 4.52. The number of aromatic nitrogens is 5. The number of H-pyrrole nitrogens is 2. The SMILES string of the molecule is COCc1nc([C@H]2CN(C(=O)Cc3c(C)n[nH]c3C)C[C@@H]2C2CC2)n[nH]1. The number of carbonyl (C=O) groups excluding carboxylic acids is 1. The van der Waals surface area contributed by atoms with Crippen LogP contribution >= 0.6 is 0 Å². The second-order valence-corrected chi connectivity index (χ2v) is 7.57. The fourth-order valence-corrected chi connectivity index (χ4v) is 4.08. The number of hydrogen-bond donors (Lipinski definition) is 2. The van der Waals surface area contributed by atoms with Crippen LogP contribution in [0.5, 0.6) is 0 Å². The maximum atomic E-state index is 12.9. The van der Waals surface area contributed by atoms with E-state index >= 15 is 0 Å². The van der Waals surface area contributed by atoms with Crippen molar-refractivity contribution < 1.29 is 9.53 Å². The Hall–Kier alpha value is -2.22. The van der Waals surface area contributed by atoms with Gasteiger partial charge in [-0.05, 0) is 38.5 Å². The highest BCUT2D eigenvalue weighted by molar-refractivity contribution is 5.79. The minimum atomic E-state index is 0.165.